The summed E-state index contributed by atoms with van der Waals surface area (Å²) in [5, 5.41) is 9.23. The second kappa shape index (κ2) is 8.17. The summed E-state index contributed by atoms with van der Waals surface area (Å²) in [6.07, 6.45) is 2.41. The highest BCUT2D eigenvalue weighted by molar-refractivity contribution is 7.99. The zero-order valence-electron chi connectivity index (χ0n) is 11.8. The van der Waals surface area contributed by atoms with E-state index in [2.05, 4.69) is 11.9 Å². The number of hydrogen-bond donors (Lipinski definition) is 1. The monoisotopic (exact) mass is 282 g/mol. The van der Waals surface area contributed by atoms with Crippen LogP contribution in [-0.2, 0) is 0 Å². The van der Waals surface area contributed by atoms with E-state index >= 15 is 0 Å². The van der Waals surface area contributed by atoms with Gasteiger partial charge in [-0.25, -0.2) is 0 Å². The number of hydrogen-bond acceptors (Lipinski definition) is 4. The number of thioether (sulfide) groups is 1. The van der Waals surface area contributed by atoms with Gasteiger partial charge in [0.1, 0.15) is 5.69 Å². The Morgan fingerprint density at radius 2 is 2.16 bits per heavy atom. The molecule has 1 aromatic heterocycles. The molecule has 1 N–H and O–H groups in total. The van der Waals surface area contributed by atoms with E-state index in [4.69, 9.17) is 5.11 Å². The van der Waals surface area contributed by atoms with Crippen molar-refractivity contribution < 1.29 is 9.90 Å². The molecule has 0 saturated heterocycles. The Bertz CT molecular complexity index is 408. The van der Waals surface area contributed by atoms with Gasteiger partial charge in [0, 0.05) is 36.0 Å². The molecule has 0 saturated carbocycles. The fraction of sp³-hybridized carbons (Fsp3) is 0.571. The summed E-state index contributed by atoms with van der Waals surface area (Å²) in [6, 6.07) is 3.73. The van der Waals surface area contributed by atoms with Crippen LogP contribution in [-0.4, -0.2) is 45.8 Å². The zero-order valence-corrected chi connectivity index (χ0v) is 12.6. The van der Waals surface area contributed by atoms with Gasteiger partial charge in [-0.3, -0.25) is 9.78 Å². The van der Waals surface area contributed by atoms with Crippen LogP contribution in [0.1, 0.15) is 37.7 Å². The van der Waals surface area contributed by atoms with Gasteiger partial charge in [0.25, 0.3) is 5.91 Å². The third-order valence-corrected chi connectivity index (χ3v) is 4.04. The summed E-state index contributed by atoms with van der Waals surface area (Å²) in [7, 11) is 0. The quantitative estimate of drug-likeness (QED) is 0.780. The molecular formula is C14H22N2O2S. The minimum absolute atomic E-state index is 0.0257. The summed E-state index contributed by atoms with van der Waals surface area (Å²) < 4.78 is 0. The number of nitrogens with zero attached hydrogens (tertiary/aromatic N) is 2. The lowest BCUT2D eigenvalue weighted by Crippen LogP contribution is -2.31. The van der Waals surface area contributed by atoms with E-state index in [1.54, 1.807) is 22.9 Å². The summed E-state index contributed by atoms with van der Waals surface area (Å²) >= 11 is 1.66. The van der Waals surface area contributed by atoms with Crippen molar-refractivity contribution in [2.45, 2.75) is 37.3 Å². The van der Waals surface area contributed by atoms with E-state index < -0.39 is 0 Å². The number of aromatic nitrogens is 1. The molecule has 1 rings (SSSR count). The Hall–Kier alpha value is -1.07. The third kappa shape index (κ3) is 4.84. The van der Waals surface area contributed by atoms with Crippen molar-refractivity contribution >= 4 is 17.7 Å². The van der Waals surface area contributed by atoms with Gasteiger partial charge in [0.15, 0.2) is 0 Å². The summed E-state index contributed by atoms with van der Waals surface area (Å²) in [4.78, 5) is 19.1. The van der Waals surface area contributed by atoms with Crippen LogP contribution in [0.5, 0.6) is 0 Å². The molecule has 106 valence electrons. The second-order valence-corrected chi connectivity index (χ2v) is 5.81. The normalized spacial score (nSPS) is 12.2. The first kappa shape index (κ1) is 16.0. The average molecular weight is 282 g/mol. The second-order valence-electron chi connectivity index (χ2n) is 4.29. The van der Waals surface area contributed by atoms with E-state index in [0.717, 1.165) is 11.3 Å². The molecule has 0 aliphatic carbocycles. The third-order valence-electron chi connectivity index (χ3n) is 2.87. The number of pyridine rings is 1. The van der Waals surface area contributed by atoms with E-state index in [9.17, 15) is 4.79 Å². The number of carbonyl (C=O) groups is 1. The summed E-state index contributed by atoms with van der Waals surface area (Å²) in [5.74, 6) is -0.0257. The van der Waals surface area contributed by atoms with E-state index in [1.165, 1.54) is 0 Å². The first-order valence-corrected chi connectivity index (χ1v) is 7.53. The standard InChI is InChI=1S/C14H22N2O2S/c1-4-16(5-2)14(18)13-10-12(6-8-15-13)19-11(3)7-9-17/h6,8,10-11,17H,4-5,7,9H2,1-3H3. The lowest BCUT2D eigenvalue weighted by molar-refractivity contribution is 0.0767. The highest BCUT2D eigenvalue weighted by Gasteiger charge is 2.14. The average Bonchev–Trinajstić information content (AvgIpc) is 2.40. The molecule has 4 nitrogen and oxygen atoms in total. The number of carbonyl (C=O) groups excluding carboxylic acids is 1. The van der Waals surface area contributed by atoms with Gasteiger partial charge in [-0.05, 0) is 32.4 Å². The maximum absolute atomic E-state index is 12.2. The SMILES string of the molecule is CCN(CC)C(=O)c1cc(SC(C)CCO)ccn1. The van der Waals surface area contributed by atoms with Crippen molar-refractivity contribution in [2.75, 3.05) is 19.7 Å². The first-order valence-electron chi connectivity index (χ1n) is 6.65. The van der Waals surface area contributed by atoms with Gasteiger partial charge in [0.05, 0.1) is 0 Å². The van der Waals surface area contributed by atoms with Gasteiger partial charge in [-0.1, -0.05) is 6.92 Å². The maximum Gasteiger partial charge on any atom is 0.272 e. The number of aliphatic hydroxyl groups excluding tert-OH is 1. The molecular weight excluding hydrogens is 260 g/mol. The first-order chi connectivity index (χ1) is 9.12. The molecule has 1 unspecified atom stereocenters. The maximum atomic E-state index is 12.2. The van der Waals surface area contributed by atoms with E-state index in [0.29, 0.717) is 24.0 Å². The molecule has 1 heterocycles. The van der Waals surface area contributed by atoms with E-state index in [-0.39, 0.29) is 12.5 Å². The number of rotatable bonds is 7. The van der Waals surface area contributed by atoms with Crippen molar-refractivity contribution in [1.82, 2.24) is 9.88 Å². The topological polar surface area (TPSA) is 53.4 Å². The molecule has 1 aromatic rings. The predicted octanol–water partition coefficient (Wildman–Crippen LogP) is 2.43. The molecule has 5 heteroatoms. The Kier molecular flexibility index (Phi) is 6.87. The lowest BCUT2D eigenvalue weighted by Gasteiger charge is -2.18. The number of amides is 1. The summed E-state index contributed by atoms with van der Waals surface area (Å²) in [6.45, 7) is 7.55. The van der Waals surface area contributed by atoms with Gasteiger partial charge < -0.3 is 10.0 Å². The van der Waals surface area contributed by atoms with Crippen LogP contribution in [0.25, 0.3) is 0 Å². The van der Waals surface area contributed by atoms with Crippen LogP contribution in [0.4, 0.5) is 0 Å². The predicted molar refractivity (Wildman–Crippen MR) is 78.5 cm³/mol. The van der Waals surface area contributed by atoms with Crippen LogP contribution in [0.15, 0.2) is 23.2 Å². The van der Waals surface area contributed by atoms with Crippen LogP contribution in [0, 0.1) is 0 Å². The van der Waals surface area contributed by atoms with Crippen molar-refractivity contribution in [3.05, 3.63) is 24.0 Å². The molecule has 0 aromatic carbocycles. The Morgan fingerprint density at radius 3 is 2.74 bits per heavy atom. The molecule has 0 radical (unpaired) electrons. The Balaban J connectivity index is 2.79. The highest BCUT2D eigenvalue weighted by Crippen LogP contribution is 2.25. The largest absolute Gasteiger partial charge is 0.396 e. The fourth-order valence-corrected chi connectivity index (χ4v) is 2.75. The van der Waals surface area contributed by atoms with Gasteiger partial charge in [-0.2, -0.15) is 0 Å². The van der Waals surface area contributed by atoms with Crippen LogP contribution >= 0.6 is 11.8 Å². The molecule has 0 spiro atoms. The lowest BCUT2D eigenvalue weighted by atomic mass is 10.3. The highest BCUT2D eigenvalue weighted by atomic mass is 32.2. The Labute approximate surface area is 119 Å². The smallest absolute Gasteiger partial charge is 0.272 e. The van der Waals surface area contributed by atoms with Gasteiger partial charge in [0.2, 0.25) is 0 Å². The van der Waals surface area contributed by atoms with Gasteiger partial charge in [-0.15, -0.1) is 11.8 Å². The van der Waals surface area contributed by atoms with Gasteiger partial charge >= 0.3 is 0 Å². The zero-order chi connectivity index (χ0) is 14.3. The molecule has 1 atom stereocenters. The van der Waals surface area contributed by atoms with Crippen LogP contribution < -0.4 is 0 Å². The van der Waals surface area contributed by atoms with Crippen molar-refractivity contribution in [2.24, 2.45) is 0 Å². The molecule has 1 amide bonds. The molecule has 19 heavy (non-hydrogen) atoms. The number of aliphatic hydroxyl groups is 1. The minimum Gasteiger partial charge on any atom is -0.396 e. The molecule has 0 aliphatic rings. The summed E-state index contributed by atoms with van der Waals surface area (Å²) in [5.41, 5.74) is 0.491. The fourth-order valence-electron chi connectivity index (χ4n) is 1.75. The van der Waals surface area contributed by atoms with E-state index in [1.807, 2.05) is 26.0 Å². The minimum atomic E-state index is -0.0257. The van der Waals surface area contributed by atoms with Crippen LogP contribution in [0.3, 0.4) is 0 Å². The van der Waals surface area contributed by atoms with Crippen LogP contribution in [0.2, 0.25) is 0 Å². The molecule has 0 aliphatic heterocycles. The van der Waals surface area contributed by atoms with Crippen molar-refractivity contribution in [3.63, 3.8) is 0 Å². The van der Waals surface area contributed by atoms with Crippen molar-refractivity contribution in [3.8, 4) is 0 Å². The Morgan fingerprint density at radius 1 is 1.47 bits per heavy atom. The van der Waals surface area contributed by atoms with Crippen molar-refractivity contribution in [1.29, 1.82) is 0 Å². The molecule has 0 fully saturated rings. The molecule has 0 bridgehead atoms.